The third kappa shape index (κ3) is 2.56. The molecule has 0 radical (unpaired) electrons. The molecule has 0 aromatic carbocycles. The average molecular weight is 325 g/mol. The van der Waals surface area contributed by atoms with Gasteiger partial charge in [0.25, 0.3) is 0 Å². The topological polar surface area (TPSA) is 37.2 Å². The number of rotatable bonds is 3. The van der Waals surface area contributed by atoms with Gasteiger partial charge in [0.2, 0.25) is 0 Å². The number of hydrogen-bond acceptors (Lipinski definition) is 4. The highest BCUT2D eigenvalue weighted by Crippen LogP contribution is 2.41. The molecule has 0 bridgehead atoms. The number of piperidine rings is 1. The van der Waals surface area contributed by atoms with E-state index in [1.165, 1.54) is 17.1 Å². The van der Waals surface area contributed by atoms with Gasteiger partial charge < -0.3 is 4.57 Å². The molecule has 2 aliphatic heterocycles. The molecule has 1 spiro atoms. The Balaban J connectivity index is 1.54. The van der Waals surface area contributed by atoms with Crippen molar-refractivity contribution in [1.29, 1.82) is 0 Å². The summed E-state index contributed by atoms with van der Waals surface area (Å²) in [5.41, 5.74) is 2.74. The summed E-state index contributed by atoms with van der Waals surface area (Å²) in [5, 5.41) is 0. The van der Waals surface area contributed by atoms with Gasteiger partial charge in [-0.1, -0.05) is 13.0 Å². The highest BCUT2D eigenvalue weighted by Gasteiger charge is 2.46. The molecule has 5 nitrogen and oxygen atoms in total. The van der Waals surface area contributed by atoms with Crippen LogP contribution in [0.3, 0.4) is 0 Å². The minimum Gasteiger partial charge on any atom is -0.329 e. The molecule has 4 heterocycles. The maximum atomic E-state index is 4.83. The number of aromatic nitrogens is 3. The van der Waals surface area contributed by atoms with E-state index in [0.29, 0.717) is 0 Å². The van der Waals surface area contributed by atoms with E-state index in [1.54, 1.807) is 0 Å². The SMILES string of the molecule is CCN1CCn2c(C)cnc2C12CCN(Cc1cccnc1)CC2. The lowest BCUT2D eigenvalue weighted by atomic mass is 9.83. The third-order valence-corrected chi connectivity index (χ3v) is 5.86. The zero-order chi connectivity index (χ0) is 16.6. The molecule has 5 heteroatoms. The van der Waals surface area contributed by atoms with Gasteiger partial charge >= 0.3 is 0 Å². The van der Waals surface area contributed by atoms with Crippen LogP contribution in [0, 0.1) is 6.92 Å². The molecule has 4 rings (SSSR count). The van der Waals surface area contributed by atoms with E-state index >= 15 is 0 Å². The molecular weight excluding hydrogens is 298 g/mol. The molecule has 1 fully saturated rings. The van der Waals surface area contributed by atoms with Crippen molar-refractivity contribution in [3.8, 4) is 0 Å². The van der Waals surface area contributed by atoms with E-state index in [9.17, 15) is 0 Å². The Morgan fingerprint density at radius 3 is 2.67 bits per heavy atom. The van der Waals surface area contributed by atoms with Crippen LogP contribution < -0.4 is 0 Å². The predicted molar refractivity (Wildman–Crippen MR) is 94.6 cm³/mol. The summed E-state index contributed by atoms with van der Waals surface area (Å²) in [5.74, 6) is 1.30. The number of pyridine rings is 1. The number of imidazole rings is 1. The summed E-state index contributed by atoms with van der Waals surface area (Å²) in [6, 6.07) is 4.20. The van der Waals surface area contributed by atoms with E-state index in [4.69, 9.17) is 4.98 Å². The zero-order valence-corrected chi connectivity index (χ0v) is 14.8. The van der Waals surface area contributed by atoms with Gasteiger partial charge in [0.15, 0.2) is 0 Å². The predicted octanol–water partition coefficient (Wildman–Crippen LogP) is 2.41. The van der Waals surface area contributed by atoms with Crippen LogP contribution in [0.4, 0.5) is 0 Å². The van der Waals surface area contributed by atoms with Crippen molar-refractivity contribution in [3.05, 3.63) is 47.8 Å². The first-order chi connectivity index (χ1) is 11.7. The number of aryl methyl sites for hydroxylation is 1. The average Bonchev–Trinajstić information content (AvgIpc) is 3.00. The molecule has 128 valence electrons. The van der Waals surface area contributed by atoms with Gasteiger partial charge in [0.05, 0.1) is 5.54 Å². The Morgan fingerprint density at radius 1 is 1.12 bits per heavy atom. The fraction of sp³-hybridized carbons (Fsp3) is 0.579. The van der Waals surface area contributed by atoms with Crippen LogP contribution in [0.15, 0.2) is 30.7 Å². The number of likely N-dealkylation sites (N-methyl/N-ethyl adjacent to an activating group) is 1. The van der Waals surface area contributed by atoms with Gasteiger partial charge in [0.1, 0.15) is 5.82 Å². The van der Waals surface area contributed by atoms with E-state index in [0.717, 1.165) is 52.1 Å². The molecule has 0 aliphatic carbocycles. The third-order valence-electron chi connectivity index (χ3n) is 5.86. The van der Waals surface area contributed by atoms with E-state index < -0.39 is 0 Å². The molecule has 2 aromatic rings. The Labute approximate surface area is 144 Å². The molecule has 0 unspecified atom stereocenters. The Bertz CT molecular complexity index is 685. The minimum absolute atomic E-state index is 0.132. The van der Waals surface area contributed by atoms with Gasteiger partial charge in [-0.05, 0) is 37.9 Å². The van der Waals surface area contributed by atoms with Crippen LogP contribution in [0.2, 0.25) is 0 Å². The molecule has 0 amide bonds. The molecule has 2 aromatic heterocycles. The van der Waals surface area contributed by atoms with Crippen molar-refractivity contribution < 1.29 is 0 Å². The zero-order valence-electron chi connectivity index (χ0n) is 14.8. The number of likely N-dealkylation sites (tertiary alicyclic amines) is 1. The smallest absolute Gasteiger partial charge is 0.129 e. The largest absolute Gasteiger partial charge is 0.329 e. The van der Waals surface area contributed by atoms with Crippen LogP contribution >= 0.6 is 0 Å². The van der Waals surface area contributed by atoms with Gasteiger partial charge in [-0.15, -0.1) is 0 Å². The molecule has 0 atom stereocenters. The van der Waals surface area contributed by atoms with Gasteiger partial charge in [-0.3, -0.25) is 14.8 Å². The Morgan fingerprint density at radius 2 is 1.96 bits per heavy atom. The van der Waals surface area contributed by atoms with Crippen molar-refractivity contribution in [2.24, 2.45) is 0 Å². The van der Waals surface area contributed by atoms with Gasteiger partial charge in [-0.2, -0.15) is 0 Å². The van der Waals surface area contributed by atoms with Crippen LogP contribution in [-0.4, -0.2) is 50.5 Å². The van der Waals surface area contributed by atoms with Crippen LogP contribution in [0.25, 0.3) is 0 Å². The van der Waals surface area contributed by atoms with Crippen molar-refractivity contribution in [3.63, 3.8) is 0 Å². The lowest BCUT2D eigenvalue weighted by Crippen LogP contribution is -2.57. The summed E-state index contributed by atoms with van der Waals surface area (Å²) in [6.07, 6.45) is 8.21. The molecule has 0 N–H and O–H groups in total. The Kier molecular flexibility index (Phi) is 4.14. The van der Waals surface area contributed by atoms with Crippen molar-refractivity contribution in [2.75, 3.05) is 26.2 Å². The first-order valence-corrected chi connectivity index (χ1v) is 9.12. The normalized spacial score (nSPS) is 21.1. The second kappa shape index (κ2) is 6.30. The van der Waals surface area contributed by atoms with Gasteiger partial charge in [0, 0.05) is 57.0 Å². The standard InChI is InChI=1S/C19H27N5/c1-3-23-11-12-24-16(2)13-21-18(24)19(23)6-9-22(10-7-19)15-17-5-4-8-20-14-17/h4-5,8,13-14H,3,6-7,9-12,15H2,1-2H3. The number of hydrogen-bond donors (Lipinski definition) is 0. The molecular formula is C19H27N5. The molecule has 24 heavy (non-hydrogen) atoms. The second-order valence-electron chi connectivity index (χ2n) is 7.12. The quantitative estimate of drug-likeness (QED) is 0.868. The van der Waals surface area contributed by atoms with Crippen molar-refractivity contribution >= 4 is 0 Å². The lowest BCUT2D eigenvalue weighted by Gasteiger charge is -2.50. The summed E-state index contributed by atoms with van der Waals surface area (Å²) in [6.45, 7) is 11.0. The lowest BCUT2D eigenvalue weighted by molar-refractivity contribution is -0.00835. The maximum absolute atomic E-state index is 4.83. The highest BCUT2D eigenvalue weighted by atomic mass is 15.3. The van der Waals surface area contributed by atoms with Crippen LogP contribution in [0.1, 0.15) is 36.8 Å². The minimum atomic E-state index is 0.132. The summed E-state index contributed by atoms with van der Waals surface area (Å²) in [7, 11) is 0. The monoisotopic (exact) mass is 325 g/mol. The molecule has 2 aliphatic rings. The number of fused-ring (bicyclic) bond motifs is 2. The first-order valence-electron chi connectivity index (χ1n) is 9.12. The van der Waals surface area contributed by atoms with Crippen molar-refractivity contribution in [1.82, 2.24) is 24.3 Å². The number of nitrogens with zero attached hydrogens (tertiary/aromatic N) is 5. The first kappa shape index (κ1) is 15.8. The van der Waals surface area contributed by atoms with E-state index in [2.05, 4.69) is 45.5 Å². The van der Waals surface area contributed by atoms with Crippen molar-refractivity contribution in [2.45, 2.75) is 45.3 Å². The second-order valence-corrected chi connectivity index (χ2v) is 7.12. The van der Waals surface area contributed by atoms with Crippen LogP contribution in [-0.2, 0) is 18.6 Å². The highest BCUT2D eigenvalue weighted by molar-refractivity contribution is 5.19. The van der Waals surface area contributed by atoms with Gasteiger partial charge in [-0.25, -0.2) is 4.98 Å². The fourth-order valence-corrected chi connectivity index (χ4v) is 4.52. The maximum Gasteiger partial charge on any atom is 0.129 e. The van der Waals surface area contributed by atoms with Crippen LogP contribution in [0.5, 0.6) is 0 Å². The molecule has 0 saturated carbocycles. The summed E-state index contributed by atoms with van der Waals surface area (Å²) >= 11 is 0. The van der Waals surface area contributed by atoms with E-state index in [-0.39, 0.29) is 5.54 Å². The molecule has 1 saturated heterocycles. The summed E-state index contributed by atoms with van der Waals surface area (Å²) < 4.78 is 2.45. The Hall–Kier alpha value is -1.72. The van der Waals surface area contributed by atoms with E-state index in [1.807, 2.05) is 18.5 Å². The fourth-order valence-electron chi connectivity index (χ4n) is 4.52. The summed E-state index contributed by atoms with van der Waals surface area (Å²) in [4.78, 5) is 14.3.